The third kappa shape index (κ3) is 3.22. The molecule has 0 aromatic heterocycles. The molecule has 0 amide bonds. The largest absolute Gasteiger partial charge is 0.207 e. The second kappa shape index (κ2) is 5.96. The molecule has 2 rings (SSSR count). The highest BCUT2D eigenvalue weighted by molar-refractivity contribution is 9.09. The van der Waals surface area contributed by atoms with Gasteiger partial charge in [-0.05, 0) is 29.8 Å². The highest BCUT2D eigenvalue weighted by Crippen LogP contribution is 2.38. The maximum Gasteiger partial charge on any atom is 0.142 e. The summed E-state index contributed by atoms with van der Waals surface area (Å²) in [6, 6.07) is 6.79. The summed E-state index contributed by atoms with van der Waals surface area (Å²) in [5.74, 6) is -1.30. The fraction of sp³-hybridized carbons (Fsp3) is 0.0769. The summed E-state index contributed by atoms with van der Waals surface area (Å²) in [5.41, 5.74) is 0.706. The van der Waals surface area contributed by atoms with Gasteiger partial charge in [0, 0.05) is 15.6 Å². The Labute approximate surface area is 132 Å². The Kier molecular flexibility index (Phi) is 4.72. The number of halogens is 6. The smallest absolute Gasteiger partial charge is 0.142 e. The van der Waals surface area contributed by atoms with Gasteiger partial charge in [-0.3, -0.25) is 0 Å². The third-order valence-electron chi connectivity index (χ3n) is 2.55. The fourth-order valence-electron chi connectivity index (χ4n) is 1.61. The molecule has 1 unspecified atom stereocenters. The average Bonchev–Trinajstić information content (AvgIpc) is 2.33. The lowest BCUT2D eigenvalue weighted by Gasteiger charge is -2.14. The van der Waals surface area contributed by atoms with Gasteiger partial charge >= 0.3 is 0 Å². The van der Waals surface area contributed by atoms with Crippen LogP contribution in [0.3, 0.4) is 0 Å². The van der Waals surface area contributed by atoms with Gasteiger partial charge in [-0.1, -0.05) is 56.8 Å². The van der Waals surface area contributed by atoms with Gasteiger partial charge in [-0.2, -0.15) is 0 Å². The molecule has 0 aliphatic heterocycles. The van der Waals surface area contributed by atoms with E-state index in [0.29, 0.717) is 15.6 Å². The fourth-order valence-corrected chi connectivity index (χ4v) is 3.16. The first-order valence-electron chi connectivity index (χ1n) is 5.13. The zero-order valence-corrected chi connectivity index (χ0v) is 13.1. The Balaban J connectivity index is 2.49. The van der Waals surface area contributed by atoms with Crippen LogP contribution in [-0.2, 0) is 0 Å². The molecule has 6 heteroatoms. The molecule has 0 radical (unpaired) electrons. The molecule has 0 aliphatic rings. The van der Waals surface area contributed by atoms with Crippen LogP contribution in [0.5, 0.6) is 0 Å². The highest BCUT2D eigenvalue weighted by Gasteiger charge is 2.19. The molecule has 0 aliphatic carbocycles. The Morgan fingerprint density at radius 1 is 0.842 bits per heavy atom. The van der Waals surface area contributed by atoms with E-state index in [2.05, 4.69) is 15.9 Å². The van der Waals surface area contributed by atoms with Crippen molar-refractivity contribution in [3.8, 4) is 0 Å². The van der Waals surface area contributed by atoms with Crippen LogP contribution >= 0.6 is 50.7 Å². The third-order valence-corrected chi connectivity index (χ3v) is 4.39. The molecule has 19 heavy (non-hydrogen) atoms. The molecule has 2 aromatic rings. The monoisotopic (exact) mass is 384 g/mol. The minimum atomic E-state index is -0.687. The predicted octanol–water partition coefficient (Wildman–Crippen LogP) is 6.41. The number of hydrogen-bond donors (Lipinski definition) is 0. The van der Waals surface area contributed by atoms with E-state index in [-0.39, 0.29) is 10.6 Å². The van der Waals surface area contributed by atoms with Crippen LogP contribution < -0.4 is 0 Å². The second-order valence-electron chi connectivity index (χ2n) is 3.82. The highest BCUT2D eigenvalue weighted by atomic mass is 79.9. The summed E-state index contributed by atoms with van der Waals surface area (Å²) in [4.78, 5) is -0.593. The summed E-state index contributed by atoms with van der Waals surface area (Å²) in [6.45, 7) is 0. The first kappa shape index (κ1) is 15.0. The quantitative estimate of drug-likeness (QED) is 0.413. The molecular weight excluding hydrogens is 380 g/mol. The van der Waals surface area contributed by atoms with E-state index in [4.69, 9.17) is 34.8 Å². The molecule has 2 aromatic carbocycles. The van der Waals surface area contributed by atoms with Crippen LogP contribution in [-0.4, -0.2) is 0 Å². The lowest BCUT2D eigenvalue weighted by atomic mass is 10.0. The lowest BCUT2D eigenvalue weighted by molar-refractivity contribution is 0.588. The molecule has 100 valence electrons. The van der Waals surface area contributed by atoms with Gasteiger partial charge in [-0.25, -0.2) is 8.78 Å². The number of alkyl halides is 1. The van der Waals surface area contributed by atoms with Gasteiger partial charge in [-0.15, -0.1) is 0 Å². The minimum Gasteiger partial charge on any atom is -0.207 e. The lowest BCUT2D eigenvalue weighted by Crippen LogP contribution is -1.99. The predicted molar refractivity (Wildman–Crippen MR) is 78.6 cm³/mol. The molecule has 0 saturated heterocycles. The van der Waals surface area contributed by atoms with E-state index in [0.717, 1.165) is 12.1 Å². The van der Waals surface area contributed by atoms with Crippen LogP contribution in [0.25, 0.3) is 0 Å². The van der Waals surface area contributed by atoms with Crippen molar-refractivity contribution in [2.75, 3.05) is 0 Å². The van der Waals surface area contributed by atoms with Crippen LogP contribution in [0, 0.1) is 11.6 Å². The van der Waals surface area contributed by atoms with Crippen LogP contribution in [0.2, 0.25) is 15.1 Å². The van der Waals surface area contributed by atoms with Gasteiger partial charge in [0.1, 0.15) is 11.6 Å². The maximum atomic E-state index is 13.8. The van der Waals surface area contributed by atoms with E-state index < -0.39 is 16.5 Å². The molecule has 1 atom stereocenters. The van der Waals surface area contributed by atoms with Crippen molar-refractivity contribution < 1.29 is 8.78 Å². The standard InChI is InChI=1S/C13H6BrCl3F2/c14-13(7-2-1-6(15)3-9(7)16)8-4-12(19)10(17)5-11(8)18/h1-5,13H. The van der Waals surface area contributed by atoms with Crippen molar-refractivity contribution in [2.24, 2.45) is 0 Å². The van der Waals surface area contributed by atoms with Gasteiger partial charge < -0.3 is 0 Å². The van der Waals surface area contributed by atoms with E-state index in [9.17, 15) is 8.78 Å². The molecule has 0 bridgehead atoms. The topological polar surface area (TPSA) is 0 Å². The van der Waals surface area contributed by atoms with Crippen molar-refractivity contribution in [1.82, 2.24) is 0 Å². The Morgan fingerprint density at radius 3 is 2.16 bits per heavy atom. The molecular formula is C13H6BrCl3F2. The Bertz CT molecular complexity index is 632. The first-order valence-corrected chi connectivity index (χ1v) is 7.18. The molecule has 0 nitrogen and oxygen atoms in total. The average molecular weight is 386 g/mol. The SMILES string of the molecule is Fc1cc(C(Br)c2ccc(Cl)cc2Cl)c(F)cc1Cl. The summed E-state index contributed by atoms with van der Waals surface area (Å²) >= 11 is 20.7. The summed E-state index contributed by atoms with van der Waals surface area (Å²) in [5, 5.41) is 0.573. The van der Waals surface area contributed by atoms with Gasteiger partial charge in [0.25, 0.3) is 0 Å². The van der Waals surface area contributed by atoms with Crippen molar-refractivity contribution in [3.05, 3.63) is 68.2 Å². The van der Waals surface area contributed by atoms with E-state index in [1.54, 1.807) is 12.1 Å². The van der Waals surface area contributed by atoms with Gasteiger partial charge in [0.05, 0.1) is 9.85 Å². The molecule has 0 heterocycles. The van der Waals surface area contributed by atoms with Crippen LogP contribution in [0.15, 0.2) is 30.3 Å². The molecule has 0 fully saturated rings. The van der Waals surface area contributed by atoms with E-state index in [1.807, 2.05) is 0 Å². The zero-order chi connectivity index (χ0) is 14.2. The van der Waals surface area contributed by atoms with Gasteiger partial charge in [0.2, 0.25) is 0 Å². The molecule has 0 saturated carbocycles. The minimum absolute atomic E-state index is 0.117. The number of rotatable bonds is 2. The van der Waals surface area contributed by atoms with Crippen molar-refractivity contribution >= 4 is 50.7 Å². The van der Waals surface area contributed by atoms with Crippen molar-refractivity contribution in [2.45, 2.75) is 4.83 Å². The summed E-state index contributed by atoms with van der Waals surface area (Å²) in [7, 11) is 0. The maximum absolute atomic E-state index is 13.8. The number of benzene rings is 2. The molecule has 0 N–H and O–H groups in total. The van der Waals surface area contributed by atoms with Crippen LogP contribution in [0.4, 0.5) is 8.78 Å². The van der Waals surface area contributed by atoms with Gasteiger partial charge in [0.15, 0.2) is 0 Å². The number of hydrogen-bond acceptors (Lipinski definition) is 0. The Morgan fingerprint density at radius 2 is 1.53 bits per heavy atom. The summed E-state index contributed by atoms with van der Waals surface area (Å²) in [6.07, 6.45) is 0. The first-order chi connectivity index (χ1) is 8.90. The zero-order valence-electron chi connectivity index (χ0n) is 9.23. The van der Waals surface area contributed by atoms with Crippen molar-refractivity contribution in [3.63, 3.8) is 0 Å². The normalized spacial score (nSPS) is 12.5. The van der Waals surface area contributed by atoms with Crippen molar-refractivity contribution in [1.29, 1.82) is 0 Å². The second-order valence-corrected chi connectivity index (χ2v) is 5.98. The Hall–Kier alpha value is -0.350. The van der Waals surface area contributed by atoms with E-state index >= 15 is 0 Å². The summed E-state index contributed by atoms with van der Waals surface area (Å²) < 4.78 is 27.3. The van der Waals surface area contributed by atoms with Crippen LogP contribution in [0.1, 0.15) is 16.0 Å². The molecule has 0 spiro atoms. The van der Waals surface area contributed by atoms with E-state index in [1.165, 1.54) is 6.07 Å².